The number of rotatable bonds is 5. The van der Waals surface area contributed by atoms with Gasteiger partial charge in [0.1, 0.15) is 0 Å². The smallest absolute Gasteiger partial charge is 0.205 e. The first-order valence-corrected chi connectivity index (χ1v) is 7.67. The fourth-order valence-electron chi connectivity index (χ4n) is 2.59. The van der Waals surface area contributed by atoms with E-state index in [4.69, 9.17) is 9.47 Å². The molecule has 124 valence electrons. The van der Waals surface area contributed by atoms with Crippen LogP contribution < -0.4 is 9.47 Å². The van der Waals surface area contributed by atoms with Crippen LogP contribution in [0.5, 0.6) is 11.5 Å². The highest BCUT2D eigenvalue weighted by molar-refractivity contribution is 5.58. The fraction of sp³-hybridized carbons (Fsp3) is 0.278. The maximum atomic E-state index is 5.37. The van der Waals surface area contributed by atoms with Crippen LogP contribution in [-0.4, -0.2) is 34.4 Å². The van der Waals surface area contributed by atoms with Crippen LogP contribution in [0.15, 0.2) is 36.4 Å². The number of aromatic nitrogens is 4. The molecule has 0 amide bonds. The van der Waals surface area contributed by atoms with Gasteiger partial charge in [-0.05, 0) is 47.9 Å². The van der Waals surface area contributed by atoms with Crippen LogP contribution in [0.2, 0.25) is 0 Å². The third kappa shape index (κ3) is 3.08. The predicted molar refractivity (Wildman–Crippen MR) is 91.4 cm³/mol. The van der Waals surface area contributed by atoms with Gasteiger partial charge in [-0.15, -0.1) is 10.2 Å². The molecule has 0 atom stereocenters. The Hall–Kier alpha value is -2.89. The first kappa shape index (κ1) is 16.0. The molecule has 24 heavy (non-hydrogen) atoms. The molecule has 3 rings (SSSR count). The molecule has 0 spiro atoms. The number of aryl methyl sites for hydroxylation is 2. The Morgan fingerprint density at radius 1 is 0.958 bits per heavy atom. The van der Waals surface area contributed by atoms with E-state index in [0.29, 0.717) is 23.9 Å². The Morgan fingerprint density at radius 3 is 2.38 bits per heavy atom. The number of methoxy groups -OCH3 is 2. The van der Waals surface area contributed by atoms with Crippen molar-refractivity contribution >= 4 is 0 Å². The van der Waals surface area contributed by atoms with Gasteiger partial charge < -0.3 is 9.47 Å². The van der Waals surface area contributed by atoms with E-state index in [-0.39, 0.29) is 0 Å². The van der Waals surface area contributed by atoms with Crippen LogP contribution in [0.3, 0.4) is 0 Å². The van der Waals surface area contributed by atoms with Gasteiger partial charge >= 0.3 is 0 Å². The molecule has 0 aliphatic rings. The van der Waals surface area contributed by atoms with Crippen LogP contribution in [0.4, 0.5) is 0 Å². The second-order valence-electron chi connectivity index (χ2n) is 5.59. The van der Waals surface area contributed by atoms with Crippen molar-refractivity contribution in [3.05, 3.63) is 53.1 Å². The normalized spacial score (nSPS) is 10.7. The zero-order valence-electron chi connectivity index (χ0n) is 14.3. The lowest BCUT2D eigenvalue weighted by Gasteiger charge is -2.12. The highest BCUT2D eigenvalue weighted by atomic mass is 16.5. The van der Waals surface area contributed by atoms with E-state index in [1.54, 1.807) is 19.0 Å². The lowest BCUT2D eigenvalue weighted by atomic mass is 10.1. The number of tetrazole rings is 1. The van der Waals surface area contributed by atoms with Crippen molar-refractivity contribution in [2.75, 3.05) is 14.2 Å². The molecule has 0 saturated heterocycles. The SMILES string of the molecule is COc1cc(C)c(Cn2nnc(-c3ccccc3C)n2)cc1OC. The highest BCUT2D eigenvalue weighted by Gasteiger charge is 2.12. The largest absolute Gasteiger partial charge is 0.493 e. The Bertz CT molecular complexity index is 858. The van der Waals surface area contributed by atoms with Crippen molar-refractivity contribution < 1.29 is 9.47 Å². The van der Waals surface area contributed by atoms with Crippen molar-refractivity contribution in [1.82, 2.24) is 20.2 Å². The summed E-state index contributed by atoms with van der Waals surface area (Å²) in [6, 6.07) is 11.9. The molecule has 0 aliphatic heterocycles. The Morgan fingerprint density at radius 2 is 1.67 bits per heavy atom. The van der Waals surface area contributed by atoms with Gasteiger partial charge in [-0.1, -0.05) is 24.3 Å². The molecule has 3 aromatic rings. The number of benzene rings is 2. The lowest BCUT2D eigenvalue weighted by Crippen LogP contribution is -2.06. The standard InChI is InChI=1S/C18H20N4O2/c1-12-7-5-6-8-15(12)18-19-21-22(20-18)11-14-10-17(24-4)16(23-3)9-13(14)2/h5-10H,11H2,1-4H3. The second kappa shape index (κ2) is 6.70. The molecule has 0 N–H and O–H groups in total. The summed E-state index contributed by atoms with van der Waals surface area (Å²) in [4.78, 5) is 1.59. The summed E-state index contributed by atoms with van der Waals surface area (Å²) in [5.41, 5.74) is 4.26. The minimum Gasteiger partial charge on any atom is -0.493 e. The van der Waals surface area contributed by atoms with Crippen molar-refractivity contribution in [3.8, 4) is 22.9 Å². The first-order valence-electron chi connectivity index (χ1n) is 7.67. The van der Waals surface area contributed by atoms with Crippen molar-refractivity contribution in [1.29, 1.82) is 0 Å². The maximum absolute atomic E-state index is 5.37. The Kier molecular flexibility index (Phi) is 4.46. The molecule has 0 unspecified atom stereocenters. The van der Waals surface area contributed by atoms with Gasteiger partial charge in [0, 0.05) is 5.56 Å². The Balaban J connectivity index is 1.89. The van der Waals surface area contributed by atoms with E-state index in [1.807, 2.05) is 50.2 Å². The predicted octanol–water partition coefficient (Wildman–Crippen LogP) is 3.02. The lowest BCUT2D eigenvalue weighted by molar-refractivity contribution is 0.354. The monoisotopic (exact) mass is 324 g/mol. The molecular weight excluding hydrogens is 304 g/mol. The summed E-state index contributed by atoms with van der Waals surface area (Å²) < 4.78 is 10.7. The third-order valence-electron chi connectivity index (χ3n) is 3.99. The van der Waals surface area contributed by atoms with Gasteiger partial charge in [0.25, 0.3) is 0 Å². The molecule has 6 nitrogen and oxygen atoms in total. The summed E-state index contributed by atoms with van der Waals surface area (Å²) in [6.45, 7) is 4.58. The summed E-state index contributed by atoms with van der Waals surface area (Å²) in [7, 11) is 3.26. The summed E-state index contributed by atoms with van der Waals surface area (Å²) in [6.07, 6.45) is 0. The topological polar surface area (TPSA) is 62.1 Å². The molecule has 1 heterocycles. The molecule has 1 aromatic heterocycles. The molecule has 2 aromatic carbocycles. The van der Waals surface area contributed by atoms with Crippen LogP contribution in [0, 0.1) is 13.8 Å². The minimum atomic E-state index is 0.519. The summed E-state index contributed by atoms with van der Waals surface area (Å²) >= 11 is 0. The summed E-state index contributed by atoms with van der Waals surface area (Å²) in [5.74, 6) is 2.04. The van der Waals surface area contributed by atoms with Gasteiger partial charge in [0.05, 0.1) is 20.8 Å². The number of nitrogens with zero attached hydrogens (tertiary/aromatic N) is 4. The molecule has 6 heteroatoms. The van der Waals surface area contributed by atoms with Crippen LogP contribution in [0.1, 0.15) is 16.7 Å². The third-order valence-corrected chi connectivity index (χ3v) is 3.99. The highest BCUT2D eigenvalue weighted by Crippen LogP contribution is 2.30. The molecular formula is C18H20N4O2. The van der Waals surface area contributed by atoms with Crippen molar-refractivity contribution in [2.24, 2.45) is 0 Å². The zero-order valence-corrected chi connectivity index (χ0v) is 14.3. The average Bonchev–Trinajstić information content (AvgIpc) is 3.05. The van der Waals surface area contributed by atoms with Gasteiger partial charge in [-0.25, -0.2) is 0 Å². The van der Waals surface area contributed by atoms with Gasteiger partial charge in [-0.3, -0.25) is 0 Å². The van der Waals surface area contributed by atoms with E-state index in [1.165, 1.54) is 0 Å². The van der Waals surface area contributed by atoms with Crippen LogP contribution in [-0.2, 0) is 6.54 Å². The number of hydrogen-bond donors (Lipinski definition) is 0. The van der Waals surface area contributed by atoms with Crippen LogP contribution in [0.25, 0.3) is 11.4 Å². The zero-order chi connectivity index (χ0) is 17.1. The molecule has 0 bridgehead atoms. The van der Waals surface area contributed by atoms with E-state index in [9.17, 15) is 0 Å². The molecule has 0 saturated carbocycles. The molecule has 0 aliphatic carbocycles. The molecule has 0 fully saturated rings. The van der Waals surface area contributed by atoms with E-state index in [2.05, 4.69) is 15.4 Å². The average molecular weight is 324 g/mol. The van der Waals surface area contributed by atoms with Gasteiger partial charge in [0.2, 0.25) is 5.82 Å². The maximum Gasteiger partial charge on any atom is 0.205 e. The van der Waals surface area contributed by atoms with E-state index in [0.717, 1.165) is 22.3 Å². The van der Waals surface area contributed by atoms with Crippen LogP contribution >= 0.6 is 0 Å². The van der Waals surface area contributed by atoms with Crippen molar-refractivity contribution in [3.63, 3.8) is 0 Å². The van der Waals surface area contributed by atoms with E-state index < -0.39 is 0 Å². The quantitative estimate of drug-likeness (QED) is 0.722. The number of ether oxygens (including phenoxy) is 2. The fourth-order valence-corrected chi connectivity index (χ4v) is 2.59. The second-order valence-corrected chi connectivity index (χ2v) is 5.59. The Labute approximate surface area is 141 Å². The minimum absolute atomic E-state index is 0.519. The van der Waals surface area contributed by atoms with Gasteiger partial charge in [-0.2, -0.15) is 4.80 Å². The molecule has 0 radical (unpaired) electrons. The first-order chi connectivity index (χ1) is 11.6. The van der Waals surface area contributed by atoms with Gasteiger partial charge in [0.15, 0.2) is 11.5 Å². The van der Waals surface area contributed by atoms with Crippen molar-refractivity contribution in [2.45, 2.75) is 20.4 Å². The summed E-state index contributed by atoms with van der Waals surface area (Å²) in [5, 5.41) is 12.8. The number of hydrogen-bond acceptors (Lipinski definition) is 5. The van der Waals surface area contributed by atoms with E-state index >= 15 is 0 Å².